The van der Waals surface area contributed by atoms with Gasteiger partial charge in [0.2, 0.25) is 0 Å². The summed E-state index contributed by atoms with van der Waals surface area (Å²) in [5.74, 6) is 0.657. The lowest BCUT2D eigenvalue weighted by atomic mass is 9.74. The summed E-state index contributed by atoms with van der Waals surface area (Å²) in [7, 11) is 0. The van der Waals surface area contributed by atoms with Gasteiger partial charge in [-0.25, -0.2) is 9.18 Å². The number of hydrogen-bond acceptors (Lipinski definition) is 4. The Morgan fingerprint density at radius 2 is 1.97 bits per heavy atom. The molecule has 1 N–H and O–H groups in total. The molecule has 3 aliphatic rings. The van der Waals surface area contributed by atoms with Crippen molar-refractivity contribution in [1.82, 2.24) is 9.88 Å². The molecule has 4 heterocycles. The maximum atomic E-state index is 13.4. The fourth-order valence-electron chi connectivity index (χ4n) is 6.49. The van der Waals surface area contributed by atoms with Crippen LogP contribution in [0.15, 0.2) is 36.4 Å². The number of fused-ring (bicyclic) bond motifs is 3. The number of aromatic amines is 1. The molecule has 5 nitrogen and oxygen atoms in total. The molecule has 3 atom stereocenters. The topological polar surface area (TPSA) is 54.6 Å². The van der Waals surface area contributed by atoms with E-state index in [1.165, 1.54) is 31.4 Å². The Morgan fingerprint density at radius 3 is 2.79 bits per heavy atom. The summed E-state index contributed by atoms with van der Waals surface area (Å²) in [6.45, 7) is 5.95. The van der Waals surface area contributed by atoms with Crippen LogP contribution in [0.1, 0.15) is 72.3 Å². The number of H-pyrrole nitrogens is 1. The molecule has 2 aromatic carbocycles. The van der Waals surface area contributed by atoms with Crippen molar-refractivity contribution in [3.8, 4) is 5.75 Å². The number of aromatic nitrogens is 1. The number of carbonyl (C=O) groups is 1. The first kappa shape index (κ1) is 21.7. The summed E-state index contributed by atoms with van der Waals surface area (Å²) < 4.78 is 26.0. The molecule has 0 radical (unpaired) electrons. The number of nitrogens with one attached hydrogen (secondary N) is 1. The van der Waals surface area contributed by atoms with E-state index in [4.69, 9.17) is 9.47 Å². The summed E-state index contributed by atoms with van der Waals surface area (Å²) in [4.78, 5) is 19.4. The van der Waals surface area contributed by atoms with Crippen LogP contribution in [-0.2, 0) is 11.2 Å². The average molecular weight is 463 g/mol. The zero-order valence-corrected chi connectivity index (χ0v) is 19.8. The van der Waals surface area contributed by atoms with E-state index in [-0.39, 0.29) is 17.5 Å². The Hall–Kier alpha value is -2.86. The molecule has 178 valence electrons. The van der Waals surface area contributed by atoms with E-state index in [9.17, 15) is 9.18 Å². The quantitative estimate of drug-likeness (QED) is 0.481. The van der Waals surface area contributed by atoms with Crippen molar-refractivity contribution in [3.63, 3.8) is 0 Å². The highest BCUT2D eigenvalue weighted by atomic mass is 19.1. The van der Waals surface area contributed by atoms with Crippen molar-refractivity contribution >= 4 is 16.9 Å². The number of rotatable bonds is 3. The van der Waals surface area contributed by atoms with E-state index in [2.05, 4.69) is 16.0 Å². The van der Waals surface area contributed by atoms with Crippen LogP contribution in [-0.4, -0.2) is 34.7 Å². The lowest BCUT2D eigenvalue weighted by molar-refractivity contribution is -0.177. The molecule has 34 heavy (non-hydrogen) atoms. The molecule has 3 unspecified atom stereocenters. The number of ether oxygens (including phenoxy) is 2. The van der Waals surface area contributed by atoms with Gasteiger partial charge in [0.1, 0.15) is 17.7 Å². The van der Waals surface area contributed by atoms with E-state index < -0.39 is 6.10 Å². The van der Waals surface area contributed by atoms with Crippen molar-refractivity contribution in [2.75, 3.05) is 13.1 Å². The lowest BCUT2D eigenvalue weighted by Crippen LogP contribution is -2.64. The second-order valence-corrected chi connectivity index (χ2v) is 10.1. The highest BCUT2D eigenvalue weighted by molar-refractivity contribution is 6.07. The molecule has 3 aliphatic heterocycles. The van der Waals surface area contributed by atoms with Crippen LogP contribution in [0.5, 0.6) is 5.75 Å². The Bertz CT molecular complexity index is 1250. The molecule has 0 amide bonds. The minimum atomic E-state index is -0.481. The molecule has 1 spiro atoms. The number of piperidine rings is 2. The van der Waals surface area contributed by atoms with Crippen LogP contribution in [0.25, 0.3) is 10.9 Å². The van der Waals surface area contributed by atoms with Gasteiger partial charge in [-0.2, -0.15) is 0 Å². The molecule has 0 saturated carbocycles. The minimum absolute atomic E-state index is 0.194. The first-order valence-corrected chi connectivity index (χ1v) is 12.5. The first-order valence-electron chi connectivity index (χ1n) is 12.5. The molecule has 1 aromatic heterocycles. The van der Waals surface area contributed by atoms with Crippen LogP contribution in [0.2, 0.25) is 0 Å². The van der Waals surface area contributed by atoms with Crippen LogP contribution in [0.3, 0.4) is 0 Å². The summed E-state index contributed by atoms with van der Waals surface area (Å²) in [6.07, 6.45) is 6.29. The maximum absolute atomic E-state index is 13.4. The summed E-state index contributed by atoms with van der Waals surface area (Å²) in [5.41, 5.74) is 4.00. The predicted octanol–water partition coefficient (Wildman–Crippen LogP) is 6.06. The second kappa shape index (κ2) is 8.12. The number of nitrogens with zero attached hydrogens (tertiary/aromatic N) is 1. The van der Waals surface area contributed by atoms with Gasteiger partial charge in [-0.15, -0.1) is 0 Å². The Balaban J connectivity index is 1.38. The first-order chi connectivity index (χ1) is 16.5. The van der Waals surface area contributed by atoms with Gasteiger partial charge >= 0.3 is 5.97 Å². The van der Waals surface area contributed by atoms with E-state index >= 15 is 0 Å². The van der Waals surface area contributed by atoms with E-state index in [1.54, 1.807) is 12.1 Å². The molecular weight excluding hydrogens is 431 g/mol. The van der Waals surface area contributed by atoms with Gasteiger partial charge in [0.25, 0.3) is 0 Å². The van der Waals surface area contributed by atoms with Crippen LogP contribution >= 0.6 is 0 Å². The Kier molecular flexibility index (Phi) is 5.17. The fraction of sp³-hybridized carbons (Fsp3) is 0.464. The van der Waals surface area contributed by atoms with Gasteiger partial charge in [0, 0.05) is 47.6 Å². The molecule has 0 bridgehead atoms. The number of aryl methyl sites for hydroxylation is 1. The molecule has 6 heteroatoms. The molecule has 6 rings (SSSR count). The third kappa shape index (κ3) is 3.34. The van der Waals surface area contributed by atoms with Crippen LogP contribution in [0, 0.1) is 18.7 Å². The summed E-state index contributed by atoms with van der Waals surface area (Å²) >= 11 is 0. The normalized spacial score (nSPS) is 25.1. The zero-order valence-electron chi connectivity index (χ0n) is 19.8. The van der Waals surface area contributed by atoms with Gasteiger partial charge in [0.15, 0.2) is 5.72 Å². The van der Waals surface area contributed by atoms with Crippen molar-refractivity contribution < 1.29 is 18.7 Å². The van der Waals surface area contributed by atoms with Gasteiger partial charge in [-0.05, 0) is 75.8 Å². The highest BCUT2D eigenvalue weighted by Crippen LogP contribution is 2.50. The number of benzene rings is 2. The largest absolute Gasteiger partial charge is 0.472 e. The number of halogens is 1. The Labute approximate surface area is 199 Å². The second-order valence-electron chi connectivity index (χ2n) is 10.1. The monoisotopic (exact) mass is 462 g/mol. The standard InChI is InChI=1S/C28H31FN2O3/c1-17-25(27(32)33-18(2)19-7-9-21(29)10-8-19)26-22-16-20-6-5-15-31-14-4-3-13-28(20,31)34-24(22)12-11-23(26)30-17/h7-12,18,20,30H,3-6,13-16H2,1-2H3. The van der Waals surface area contributed by atoms with Gasteiger partial charge in [0.05, 0.1) is 5.56 Å². The molecule has 3 aromatic rings. The lowest BCUT2D eigenvalue weighted by Gasteiger charge is -2.56. The van der Waals surface area contributed by atoms with Gasteiger partial charge < -0.3 is 14.5 Å². The van der Waals surface area contributed by atoms with Crippen LogP contribution in [0.4, 0.5) is 4.39 Å². The molecule has 2 fully saturated rings. The fourth-order valence-corrected chi connectivity index (χ4v) is 6.49. The third-order valence-corrected chi connectivity index (χ3v) is 8.15. The average Bonchev–Trinajstić information content (AvgIpc) is 3.18. The van der Waals surface area contributed by atoms with E-state index in [0.717, 1.165) is 65.8 Å². The SMILES string of the molecule is Cc1[nH]c2ccc3c(c2c1C(=O)OC(C)c1ccc(F)cc1)CC1CCCN2CCCCC12O3. The maximum Gasteiger partial charge on any atom is 0.341 e. The smallest absolute Gasteiger partial charge is 0.341 e. The van der Waals surface area contributed by atoms with Crippen molar-refractivity contribution in [2.45, 2.75) is 64.2 Å². The number of carbonyl (C=O) groups excluding carboxylic acids is 1. The number of hydrogen-bond donors (Lipinski definition) is 1. The van der Waals surface area contributed by atoms with Crippen molar-refractivity contribution in [1.29, 1.82) is 0 Å². The third-order valence-electron chi connectivity index (χ3n) is 8.15. The molecule has 2 saturated heterocycles. The minimum Gasteiger partial charge on any atom is -0.472 e. The van der Waals surface area contributed by atoms with E-state index in [1.807, 2.05) is 19.9 Å². The summed E-state index contributed by atoms with van der Waals surface area (Å²) in [6, 6.07) is 10.2. The van der Waals surface area contributed by atoms with Crippen molar-refractivity contribution in [2.24, 2.45) is 5.92 Å². The van der Waals surface area contributed by atoms with Gasteiger partial charge in [-0.3, -0.25) is 4.90 Å². The predicted molar refractivity (Wildman–Crippen MR) is 128 cm³/mol. The van der Waals surface area contributed by atoms with Gasteiger partial charge in [-0.1, -0.05) is 12.1 Å². The molecular formula is C28H31FN2O3. The zero-order chi connectivity index (χ0) is 23.4. The highest BCUT2D eigenvalue weighted by Gasteiger charge is 2.52. The van der Waals surface area contributed by atoms with E-state index in [0.29, 0.717) is 11.5 Å². The molecule has 0 aliphatic carbocycles. The summed E-state index contributed by atoms with van der Waals surface area (Å²) in [5, 5.41) is 0.925. The van der Waals surface area contributed by atoms with Crippen LogP contribution < -0.4 is 4.74 Å². The number of esters is 1. The Morgan fingerprint density at radius 1 is 1.18 bits per heavy atom. The van der Waals surface area contributed by atoms with Crippen molar-refractivity contribution in [3.05, 3.63) is 64.6 Å².